The minimum absolute atomic E-state index is 0.00815. The van der Waals surface area contributed by atoms with E-state index < -0.39 is 0 Å². The second-order valence-corrected chi connectivity index (χ2v) is 7.51. The van der Waals surface area contributed by atoms with Gasteiger partial charge in [-0.3, -0.25) is 14.6 Å². The summed E-state index contributed by atoms with van der Waals surface area (Å²) in [6.07, 6.45) is 0. The standard InChI is InChI=1S/C20H34N6O/c1-8-25(9-2)10-11-26(13-14(3)4)20(27)18-12-17(21-22-18)19-15(5)23-24(7)16(19)6/h12,14H,8-11,13H2,1-7H3,(H,21,22). The highest BCUT2D eigenvalue weighted by Crippen LogP contribution is 2.25. The number of carbonyl (C=O) groups is 1. The molecule has 2 aromatic rings. The van der Waals surface area contributed by atoms with Crippen molar-refractivity contribution in [1.29, 1.82) is 0 Å². The molecule has 0 aliphatic rings. The molecule has 0 bridgehead atoms. The van der Waals surface area contributed by atoms with Crippen LogP contribution in [0.1, 0.15) is 49.6 Å². The average Bonchev–Trinajstić information content (AvgIpc) is 3.18. The number of H-pyrrole nitrogens is 1. The molecule has 0 atom stereocenters. The molecule has 0 aliphatic heterocycles. The molecule has 1 N–H and O–H groups in total. The molecule has 0 saturated heterocycles. The normalized spacial score (nSPS) is 11.6. The van der Waals surface area contributed by atoms with E-state index in [0.29, 0.717) is 11.6 Å². The topological polar surface area (TPSA) is 70.0 Å². The van der Waals surface area contributed by atoms with Gasteiger partial charge < -0.3 is 9.80 Å². The molecule has 2 aromatic heterocycles. The fourth-order valence-corrected chi connectivity index (χ4v) is 3.39. The van der Waals surface area contributed by atoms with Crippen molar-refractivity contribution in [2.45, 2.75) is 41.5 Å². The number of aromatic amines is 1. The van der Waals surface area contributed by atoms with E-state index in [-0.39, 0.29) is 5.91 Å². The largest absolute Gasteiger partial charge is 0.336 e. The molecule has 150 valence electrons. The number of amides is 1. The summed E-state index contributed by atoms with van der Waals surface area (Å²) in [5, 5.41) is 11.8. The molecule has 0 unspecified atom stereocenters. The molecule has 1 amide bonds. The summed E-state index contributed by atoms with van der Waals surface area (Å²) in [6.45, 7) is 16.9. The lowest BCUT2D eigenvalue weighted by molar-refractivity contribution is 0.0710. The van der Waals surface area contributed by atoms with Gasteiger partial charge in [-0.25, -0.2) is 0 Å². The highest BCUT2D eigenvalue weighted by molar-refractivity contribution is 5.93. The van der Waals surface area contributed by atoms with Gasteiger partial charge in [-0.05, 0) is 38.9 Å². The Balaban J connectivity index is 2.21. The smallest absolute Gasteiger partial charge is 0.271 e. The Labute approximate surface area is 162 Å². The number of nitrogens with one attached hydrogen (secondary N) is 1. The molecule has 2 heterocycles. The molecule has 0 aromatic carbocycles. The van der Waals surface area contributed by atoms with Crippen LogP contribution in [0.25, 0.3) is 11.3 Å². The predicted molar refractivity (Wildman–Crippen MR) is 109 cm³/mol. The van der Waals surface area contributed by atoms with Crippen LogP contribution < -0.4 is 0 Å². The summed E-state index contributed by atoms with van der Waals surface area (Å²) >= 11 is 0. The fourth-order valence-electron chi connectivity index (χ4n) is 3.39. The fraction of sp³-hybridized carbons (Fsp3) is 0.650. The highest BCUT2D eigenvalue weighted by atomic mass is 16.2. The lowest BCUT2D eigenvalue weighted by Crippen LogP contribution is -2.40. The first-order valence-electron chi connectivity index (χ1n) is 9.86. The third-order valence-electron chi connectivity index (χ3n) is 5.03. The Hall–Kier alpha value is -2.15. The molecule has 0 radical (unpaired) electrons. The van der Waals surface area contributed by atoms with Crippen LogP contribution in [0.2, 0.25) is 0 Å². The predicted octanol–water partition coefficient (Wildman–Crippen LogP) is 2.87. The minimum Gasteiger partial charge on any atom is -0.336 e. The number of hydrogen-bond donors (Lipinski definition) is 1. The van der Waals surface area contributed by atoms with Gasteiger partial charge in [-0.15, -0.1) is 0 Å². The number of rotatable bonds is 9. The first-order valence-corrected chi connectivity index (χ1v) is 9.86. The second-order valence-electron chi connectivity index (χ2n) is 7.51. The van der Waals surface area contributed by atoms with Crippen molar-refractivity contribution >= 4 is 5.91 Å². The molecule has 0 aliphatic carbocycles. The van der Waals surface area contributed by atoms with Crippen LogP contribution in [0.15, 0.2) is 6.07 Å². The van der Waals surface area contributed by atoms with Crippen molar-refractivity contribution in [3.63, 3.8) is 0 Å². The maximum absolute atomic E-state index is 13.1. The van der Waals surface area contributed by atoms with E-state index in [1.165, 1.54) is 0 Å². The van der Waals surface area contributed by atoms with Gasteiger partial charge in [-0.2, -0.15) is 10.2 Å². The molecule has 27 heavy (non-hydrogen) atoms. The van der Waals surface area contributed by atoms with Crippen molar-refractivity contribution in [3.05, 3.63) is 23.1 Å². The monoisotopic (exact) mass is 374 g/mol. The molecule has 7 heteroatoms. The highest BCUT2D eigenvalue weighted by Gasteiger charge is 2.22. The summed E-state index contributed by atoms with van der Waals surface area (Å²) in [5.74, 6) is 0.421. The second kappa shape index (κ2) is 9.17. The molecule has 0 fully saturated rings. The zero-order valence-electron chi connectivity index (χ0n) is 17.8. The van der Waals surface area contributed by atoms with Gasteiger partial charge in [0.2, 0.25) is 0 Å². The third kappa shape index (κ3) is 4.97. The van der Waals surface area contributed by atoms with Gasteiger partial charge in [0.05, 0.1) is 11.4 Å². The Morgan fingerprint density at radius 2 is 1.89 bits per heavy atom. The van der Waals surface area contributed by atoms with Gasteiger partial charge in [0.15, 0.2) is 0 Å². The molecule has 2 rings (SSSR count). The lowest BCUT2D eigenvalue weighted by atomic mass is 10.1. The van der Waals surface area contributed by atoms with Crippen LogP contribution in [0.5, 0.6) is 0 Å². The lowest BCUT2D eigenvalue weighted by Gasteiger charge is -2.27. The van der Waals surface area contributed by atoms with E-state index in [1.54, 1.807) is 0 Å². The molecule has 7 nitrogen and oxygen atoms in total. The SMILES string of the molecule is CCN(CC)CCN(CC(C)C)C(=O)c1cc(-c2c(C)nn(C)c2C)n[nH]1. The Bertz CT molecular complexity index is 757. The average molecular weight is 375 g/mol. The van der Waals surface area contributed by atoms with Gasteiger partial charge in [0.1, 0.15) is 5.69 Å². The van der Waals surface area contributed by atoms with Crippen LogP contribution >= 0.6 is 0 Å². The Morgan fingerprint density at radius 1 is 1.22 bits per heavy atom. The van der Waals surface area contributed by atoms with Crippen LogP contribution in [0, 0.1) is 19.8 Å². The number of likely N-dealkylation sites (N-methyl/N-ethyl adjacent to an activating group) is 1. The van der Waals surface area contributed by atoms with Crippen LogP contribution in [-0.4, -0.2) is 68.4 Å². The van der Waals surface area contributed by atoms with E-state index in [4.69, 9.17) is 0 Å². The van der Waals surface area contributed by atoms with Gasteiger partial charge in [-0.1, -0.05) is 27.7 Å². The summed E-state index contributed by atoms with van der Waals surface area (Å²) in [5.41, 5.74) is 4.26. The van der Waals surface area contributed by atoms with Gasteiger partial charge >= 0.3 is 0 Å². The van der Waals surface area contributed by atoms with Crippen molar-refractivity contribution in [2.24, 2.45) is 13.0 Å². The van der Waals surface area contributed by atoms with E-state index in [0.717, 1.165) is 55.4 Å². The summed E-state index contributed by atoms with van der Waals surface area (Å²) in [7, 11) is 1.92. The van der Waals surface area contributed by atoms with E-state index >= 15 is 0 Å². The number of aromatic nitrogens is 4. The van der Waals surface area contributed by atoms with Crippen molar-refractivity contribution < 1.29 is 4.79 Å². The number of aryl methyl sites for hydroxylation is 2. The maximum Gasteiger partial charge on any atom is 0.271 e. The quantitative estimate of drug-likeness (QED) is 0.733. The summed E-state index contributed by atoms with van der Waals surface area (Å²) in [6, 6.07) is 1.85. The molecular formula is C20H34N6O. The maximum atomic E-state index is 13.1. The first kappa shape index (κ1) is 21.2. The van der Waals surface area contributed by atoms with Crippen molar-refractivity contribution in [2.75, 3.05) is 32.7 Å². The molecular weight excluding hydrogens is 340 g/mol. The Kier molecular flexibility index (Phi) is 7.18. The zero-order valence-corrected chi connectivity index (χ0v) is 17.8. The van der Waals surface area contributed by atoms with E-state index in [2.05, 4.69) is 47.9 Å². The van der Waals surface area contributed by atoms with Crippen molar-refractivity contribution in [3.8, 4) is 11.3 Å². The minimum atomic E-state index is 0.00815. The van der Waals surface area contributed by atoms with Crippen LogP contribution in [0.4, 0.5) is 0 Å². The number of nitrogens with zero attached hydrogens (tertiary/aromatic N) is 5. The van der Waals surface area contributed by atoms with Gasteiger partial charge in [0.25, 0.3) is 5.91 Å². The van der Waals surface area contributed by atoms with Gasteiger partial charge in [0, 0.05) is 37.9 Å². The van der Waals surface area contributed by atoms with E-state index in [1.807, 2.05) is 36.5 Å². The molecule has 0 spiro atoms. The van der Waals surface area contributed by atoms with Crippen LogP contribution in [0.3, 0.4) is 0 Å². The Morgan fingerprint density at radius 3 is 2.41 bits per heavy atom. The first-order chi connectivity index (χ1) is 12.8. The molecule has 0 saturated carbocycles. The van der Waals surface area contributed by atoms with Crippen LogP contribution in [-0.2, 0) is 7.05 Å². The number of carbonyl (C=O) groups excluding carboxylic acids is 1. The zero-order chi connectivity index (χ0) is 20.1. The van der Waals surface area contributed by atoms with Crippen molar-refractivity contribution in [1.82, 2.24) is 29.8 Å². The number of hydrogen-bond acceptors (Lipinski definition) is 4. The van der Waals surface area contributed by atoms with E-state index in [9.17, 15) is 4.79 Å². The third-order valence-corrected chi connectivity index (χ3v) is 5.03. The summed E-state index contributed by atoms with van der Waals surface area (Å²) in [4.78, 5) is 17.4. The summed E-state index contributed by atoms with van der Waals surface area (Å²) < 4.78 is 1.84.